The van der Waals surface area contributed by atoms with Crippen LogP contribution in [0.25, 0.3) is 21.9 Å². The van der Waals surface area contributed by atoms with Gasteiger partial charge in [-0.1, -0.05) is 6.07 Å². The van der Waals surface area contributed by atoms with Crippen molar-refractivity contribution in [2.75, 3.05) is 5.73 Å². The van der Waals surface area contributed by atoms with Crippen LogP contribution >= 0.6 is 22.9 Å². The van der Waals surface area contributed by atoms with Crippen molar-refractivity contribution in [3.8, 4) is 21.9 Å². The molecule has 0 saturated heterocycles. The zero-order chi connectivity index (χ0) is 11.8. The van der Waals surface area contributed by atoms with Gasteiger partial charge in [0.25, 0.3) is 0 Å². The van der Waals surface area contributed by atoms with Crippen molar-refractivity contribution in [2.45, 2.75) is 0 Å². The number of nitrogens with two attached hydrogens (primary N) is 1. The first-order chi connectivity index (χ1) is 8.25. The molecule has 0 spiro atoms. The monoisotopic (exact) mass is 265 g/mol. The van der Waals surface area contributed by atoms with Crippen LogP contribution in [0.1, 0.15) is 0 Å². The number of aromatic nitrogens is 2. The second-order valence-corrected chi connectivity index (χ2v) is 4.76. The number of nitrogens with one attached hydrogen (secondary N) is 1. The molecule has 3 rings (SSSR count). The number of anilines is 1. The lowest BCUT2D eigenvalue weighted by Gasteiger charge is -1.98. The zero-order valence-corrected chi connectivity index (χ0v) is 10.2. The molecule has 4 nitrogen and oxygen atoms in total. The number of halogens is 1. The molecule has 0 aliphatic heterocycles. The zero-order valence-electron chi connectivity index (χ0n) is 8.61. The second-order valence-electron chi connectivity index (χ2n) is 3.44. The Bertz CT molecular complexity index is 642. The van der Waals surface area contributed by atoms with Crippen LogP contribution in [0.5, 0.6) is 0 Å². The van der Waals surface area contributed by atoms with E-state index < -0.39 is 0 Å². The maximum absolute atomic E-state index is 5.87. The summed E-state index contributed by atoms with van der Waals surface area (Å²) in [6, 6.07) is 7.42. The van der Waals surface area contributed by atoms with Gasteiger partial charge in [0.1, 0.15) is 5.69 Å². The molecule has 0 saturated carbocycles. The van der Waals surface area contributed by atoms with E-state index in [1.807, 2.05) is 17.5 Å². The van der Waals surface area contributed by atoms with Crippen molar-refractivity contribution < 1.29 is 4.42 Å². The van der Waals surface area contributed by atoms with Crippen LogP contribution in [0.2, 0.25) is 5.22 Å². The molecule has 3 heterocycles. The van der Waals surface area contributed by atoms with Gasteiger partial charge in [-0.3, -0.25) is 5.10 Å². The second kappa shape index (κ2) is 3.94. The summed E-state index contributed by atoms with van der Waals surface area (Å²) in [7, 11) is 0. The van der Waals surface area contributed by atoms with Crippen molar-refractivity contribution in [3.05, 3.63) is 34.9 Å². The van der Waals surface area contributed by atoms with Crippen LogP contribution in [0.3, 0.4) is 0 Å². The highest BCUT2D eigenvalue weighted by atomic mass is 35.5. The highest BCUT2D eigenvalue weighted by Crippen LogP contribution is 2.38. The standard InChI is InChI=1S/C11H8ClN3OS/c12-8-4-3-6(16-8)10-9(11(13)15-14-10)7-2-1-5-17-7/h1-5H,(H3,13,14,15). The van der Waals surface area contributed by atoms with Crippen molar-refractivity contribution in [2.24, 2.45) is 0 Å². The van der Waals surface area contributed by atoms with E-state index in [2.05, 4.69) is 10.2 Å². The summed E-state index contributed by atoms with van der Waals surface area (Å²) in [4.78, 5) is 1.04. The molecule has 0 aliphatic carbocycles. The summed E-state index contributed by atoms with van der Waals surface area (Å²) in [5.74, 6) is 1.08. The Morgan fingerprint density at radius 1 is 1.35 bits per heavy atom. The molecule has 3 aromatic rings. The van der Waals surface area contributed by atoms with E-state index in [0.717, 1.165) is 16.1 Å². The van der Waals surface area contributed by atoms with Crippen molar-refractivity contribution in [1.29, 1.82) is 0 Å². The van der Waals surface area contributed by atoms with Crippen LogP contribution in [-0.4, -0.2) is 10.2 Å². The van der Waals surface area contributed by atoms with E-state index in [9.17, 15) is 0 Å². The van der Waals surface area contributed by atoms with Gasteiger partial charge < -0.3 is 10.2 Å². The largest absolute Gasteiger partial charge is 0.443 e. The number of aromatic amines is 1. The molecule has 0 amide bonds. The van der Waals surface area contributed by atoms with E-state index in [-0.39, 0.29) is 0 Å². The van der Waals surface area contributed by atoms with Crippen molar-refractivity contribution in [3.63, 3.8) is 0 Å². The summed E-state index contributed by atoms with van der Waals surface area (Å²) < 4.78 is 5.36. The summed E-state index contributed by atoms with van der Waals surface area (Å²) in [6.07, 6.45) is 0. The number of rotatable bonds is 2. The fourth-order valence-electron chi connectivity index (χ4n) is 1.65. The maximum Gasteiger partial charge on any atom is 0.194 e. The van der Waals surface area contributed by atoms with E-state index >= 15 is 0 Å². The lowest BCUT2D eigenvalue weighted by molar-refractivity contribution is 0.582. The Morgan fingerprint density at radius 3 is 2.88 bits per heavy atom. The molecule has 17 heavy (non-hydrogen) atoms. The van der Waals surface area contributed by atoms with Gasteiger partial charge >= 0.3 is 0 Å². The molecule has 0 atom stereocenters. The summed E-state index contributed by atoms with van der Waals surface area (Å²) in [5.41, 5.74) is 7.47. The molecule has 86 valence electrons. The number of nitrogens with zero attached hydrogens (tertiary/aromatic N) is 1. The van der Waals surface area contributed by atoms with Gasteiger partial charge in [0.2, 0.25) is 0 Å². The normalized spacial score (nSPS) is 10.9. The highest BCUT2D eigenvalue weighted by Gasteiger charge is 2.17. The Balaban J connectivity index is 2.19. The van der Waals surface area contributed by atoms with Crippen LogP contribution in [0.15, 0.2) is 34.1 Å². The molecular weight excluding hydrogens is 258 g/mol. The molecule has 6 heteroatoms. The third-order valence-electron chi connectivity index (χ3n) is 2.38. The van der Waals surface area contributed by atoms with E-state index in [4.69, 9.17) is 21.8 Å². The fourth-order valence-corrected chi connectivity index (χ4v) is 2.58. The molecule has 0 fully saturated rings. The molecule has 0 unspecified atom stereocenters. The first kappa shape index (κ1) is 10.4. The summed E-state index contributed by atoms with van der Waals surface area (Å²) >= 11 is 7.36. The van der Waals surface area contributed by atoms with Gasteiger partial charge in [0, 0.05) is 4.88 Å². The Morgan fingerprint density at radius 2 is 2.24 bits per heavy atom. The lowest BCUT2D eigenvalue weighted by Crippen LogP contribution is -1.86. The van der Waals surface area contributed by atoms with E-state index in [1.165, 1.54) is 0 Å². The smallest absolute Gasteiger partial charge is 0.194 e. The third kappa shape index (κ3) is 1.73. The molecule has 0 aliphatic rings. The molecule has 0 radical (unpaired) electrons. The Hall–Kier alpha value is -1.72. The number of thiophene rings is 1. The van der Waals surface area contributed by atoms with Crippen LogP contribution in [0.4, 0.5) is 5.82 Å². The van der Waals surface area contributed by atoms with Gasteiger partial charge in [-0.05, 0) is 35.2 Å². The average molecular weight is 266 g/mol. The minimum Gasteiger partial charge on any atom is -0.443 e. The highest BCUT2D eigenvalue weighted by molar-refractivity contribution is 7.13. The lowest BCUT2D eigenvalue weighted by atomic mass is 10.1. The van der Waals surface area contributed by atoms with Gasteiger partial charge in [-0.25, -0.2) is 0 Å². The number of hydrogen-bond acceptors (Lipinski definition) is 4. The molecular formula is C11H8ClN3OS. The first-order valence-corrected chi connectivity index (χ1v) is 6.15. The minimum absolute atomic E-state index is 0.338. The number of furan rings is 1. The number of H-pyrrole nitrogens is 1. The maximum atomic E-state index is 5.87. The molecule has 0 bridgehead atoms. The van der Waals surface area contributed by atoms with Gasteiger partial charge in [0.15, 0.2) is 16.8 Å². The molecule has 3 N–H and O–H groups in total. The Kier molecular flexibility index (Phi) is 2.42. The van der Waals surface area contributed by atoms with Gasteiger partial charge in [-0.15, -0.1) is 11.3 Å². The molecule has 3 aromatic heterocycles. The van der Waals surface area contributed by atoms with Crippen molar-refractivity contribution in [1.82, 2.24) is 10.2 Å². The topological polar surface area (TPSA) is 67.8 Å². The summed E-state index contributed by atoms with van der Waals surface area (Å²) in [6.45, 7) is 0. The number of hydrogen-bond donors (Lipinski definition) is 2. The number of nitrogen functional groups attached to an aromatic ring is 1. The average Bonchev–Trinajstić information content (AvgIpc) is 2.97. The van der Waals surface area contributed by atoms with E-state index in [0.29, 0.717) is 16.8 Å². The van der Waals surface area contributed by atoms with Crippen LogP contribution in [-0.2, 0) is 0 Å². The minimum atomic E-state index is 0.338. The molecule has 0 aromatic carbocycles. The van der Waals surface area contributed by atoms with Gasteiger partial charge in [0.05, 0.1) is 5.56 Å². The SMILES string of the molecule is Nc1n[nH]c(-c2ccc(Cl)o2)c1-c1cccs1. The fraction of sp³-hybridized carbons (Fsp3) is 0. The third-order valence-corrected chi connectivity index (χ3v) is 3.47. The van der Waals surface area contributed by atoms with Crippen LogP contribution in [0, 0.1) is 0 Å². The summed E-state index contributed by atoms with van der Waals surface area (Å²) in [5, 5.41) is 9.21. The van der Waals surface area contributed by atoms with Gasteiger partial charge in [-0.2, -0.15) is 5.10 Å². The van der Waals surface area contributed by atoms with Crippen molar-refractivity contribution >= 4 is 28.8 Å². The predicted molar refractivity (Wildman–Crippen MR) is 69.0 cm³/mol. The Labute approximate surface area is 106 Å². The van der Waals surface area contributed by atoms with E-state index in [1.54, 1.807) is 23.5 Å². The van der Waals surface area contributed by atoms with Crippen LogP contribution < -0.4 is 5.73 Å². The first-order valence-electron chi connectivity index (χ1n) is 4.89. The predicted octanol–water partition coefficient (Wildman–Crippen LogP) is 3.63. The quantitative estimate of drug-likeness (QED) is 0.743.